The fourth-order valence-electron chi connectivity index (χ4n) is 3.21. The lowest BCUT2D eigenvalue weighted by Crippen LogP contribution is -2.32. The number of halogens is 2. The first-order valence-corrected chi connectivity index (χ1v) is 9.26. The predicted molar refractivity (Wildman–Crippen MR) is 106 cm³/mol. The standard InChI is InChI=1S/C19H21FN6O2.ClH/c1-12(19-23-17(25-28-19)13-4-2-5-14(20)10-13)22-18(27)16-7-9-26(24-16)15-6-3-8-21-11-15;/h2,4-5,7,9-10,12,15,21H,3,6,8,11H2,1H3,(H,22,27);1H. The average Bonchev–Trinajstić information content (AvgIpc) is 3.39. The fourth-order valence-corrected chi connectivity index (χ4v) is 3.21. The molecule has 4 rings (SSSR count). The molecule has 3 aromatic rings. The summed E-state index contributed by atoms with van der Waals surface area (Å²) >= 11 is 0. The van der Waals surface area contributed by atoms with E-state index in [2.05, 4.69) is 25.9 Å². The molecular formula is C19H22ClFN6O2. The average molecular weight is 421 g/mol. The second-order valence-electron chi connectivity index (χ2n) is 6.84. The van der Waals surface area contributed by atoms with Gasteiger partial charge in [0, 0.05) is 18.3 Å². The lowest BCUT2D eigenvalue weighted by molar-refractivity contribution is 0.0926. The van der Waals surface area contributed by atoms with E-state index in [1.165, 1.54) is 12.1 Å². The highest BCUT2D eigenvalue weighted by Gasteiger charge is 2.21. The Hall–Kier alpha value is -2.78. The second kappa shape index (κ2) is 9.15. The molecule has 0 radical (unpaired) electrons. The molecule has 1 aromatic carbocycles. The van der Waals surface area contributed by atoms with Crippen molar-refractivity contribution in [3.05, 3.63) is 53.9 Å². The van der Waals surface area contributed by atoms with Crippen molar-refractivity contribution in [3.63, 3.8) is 0 Å². The molecule has 10 heteroatoms. The molecule has 0 bridgehead atoms. The molecule has 8 nitrogen and oxygen atoms in total. The Bertz CT molecular complexity index is 969. The van der Waals surface area contributed by atoms with Crippen molar-refractivity contribution in [2.45, 2.75) is 31.8 Å². The molecule has 1 amide bonds. The zero-order chi connectivity index (χ0) is 19.5. The van der Waals surface area contributed by atoms with Crippen LogP contribution in [0.15, 0.2) is 41.1 Å². The Morgan fingerprint density at radius 2 is 2.28 bits per heavy atom. The highest BCUT2D eigenvalue weighted by Crippen LogP contribution is 2.20. The molecule has 2 unspecified atom stereocenters. The van der Waals surface area contributed by atoms with E-state index in [4.69, 9.17) is 4.52 Å². The lowest BCUT2D eigenvalue weighted by Gasteiger charge is -2.22. The van der Waals surface area contributed by atoms with Crippen molar-refractivity contribution < 1.29 is 13.7 Å². The van der Waals surface area contributed by atoms with Gasteiger partial charge in [0.25, 0.3) is 5.91 Å². The normalized spacial score (nSPS) is 17.4. The number of nitrogens with one attached hydrogen (secondary N) is 2. The molecule has 1 saturated heterocycles. The Morgan fingerprint density at radius 3 is 3.03 bits per heavy atom. The SMILES string of the molecule is CC(NC(=O)c1ccn(C2CCCNC2)n1)c1nc(-c2cccc(F)c2)no1.Cl. The maximum absolute atomic E-state index is 13.4. The topological polar surface area (TPSA) is 97.9 Å². The Kier molecular flexibility index (Phi) is 6.60. The van der Waals surface area contributed by atoms with Crippen LogP contribution >= 0.6 is 12.4 Å². The number of rotatable bonds is 5. The van der Waals surface area contributed by atoms with Crippen LogP contribution in [-0.2, 0) is 0 Å². The molecule has 2 atom stereocenters. The number of benzene rings is 1. The van der Waals surface area contributed by atoms with E-state index >= 15 is 0 Å². The Morgan fingerprint density at radius 1 is 1.41 bits per heavy atom. The summed E-state index contributed by atoms with van der Waals surface area (Å²) < 4.78 is 20.4. The first kappa shape index (κ1) is 20.9. The number of carbonyl (C=O) groups is 1. The van der Waals surface area contributed by atoms with Gasteiger partial charge >= 0.3 is 0 Å². The summed E-state index contributed by atoms with van der Waals surface area (Å²) in [6.45, 7) is 3.61. The minimum Gasteiger partial charge on any atom is -0.339 e. The maximum atomic E-state index is 13.4. The first-order valence-electron chi connectivity index (χ1n) is 9.26. The summed E-state index contributed by atoms with van der Waals surface area (Å²) in [6, 6.07) is 7.38. The number of hydrogen-bond donors (Lipinski definition) is 2. The van der Waals surface area contributed by atoms with E-state index in [0.29, 0.717) is 11.3 Å². The third-order valence-corrected chi connectivity index (χ3v) is 4.73. The van der Waals surface area contributed by atoms with Gasteiger partial charge in [0.05, 0.1) is 6.04 Å². The van der Waals surface area contributed by atoms with Gasteiger partial charge in [0.15, 0.2) is 0 Å². The van der Waals surface area contributed by atoms with Crippen LogP contribution in [0.2, 0.25) is 0 Å². The molecule has 1 aliphatic rings. The molecule has 154 valence electrons. The van der Waals surface area contributed by atoms with Crippen molar-refractivity contribution in [2.75, 3.05) is 13.1 Å². The highest BCUT2D eigenvalue weighted by molar-refractivity contribution is 5.92. The quantitative estimate of drug-likeness (QED) is 0.658. The van der Waals surface area contributed by atoms with Crippen LogP contribution in [-0.4, -0.2) is 38.9 Å². The fraction of sp³-hybridized carbons (Fsp3) is 0.368. The Labute approximate surface area is 173 Å². The summed E-state index contributed by atoms with van der Waals surface area (Å²) in [6.07, 6.45) is 3.96. The molecule has 2 aromatic heterocycles. The minimum atomic E-state index is -0.510. The van der Waals surface area contributed by atoms with Gasteiger partial charge in [-0.25, -0.2) is 4.39 Å². The summed E-state index contributed by atoms with van der Waals surface area (Å²) in [5.74, 6) is -0.192. The zero-order valence-corrected chi connectivity index (χ0v) is 16.7. The van der Waals surface area contributed by atoms with Crippen molar-refractivity contribution >= 4 is 18.3 Å². The van der Waals surface area contributed by atoms with Crippen LogP contribution in [0.5, 0.6) is 0 Å². The maximum Gasteiger partial charge on any atom is 0.272 e. The predicted octanol–water partition coefficient (Wildman–Crippen LogP) is 2.91. The van der Waals surface area contributed by atoms with Gasteiger partial charge in [-0.2, -0.15) is 10.1 Å². The summed E-state index contributed by atoms with van der Waals surface area (Å²) in [5.41, 5.74) is 0.843. The molecule has 1 aliphatic heterocycles. The molecule has 3 heterocycles. The van der Waals surface area contributed by atoms with Crippen molar-refractivity contribution in [1.82, 2.24) is 30.6 Å². The first-order chi connectivity index (χ1) is 13.6. The molecule has 29 heavy (non-hydrogen) atoms. The molecule has 0 saturated carbocycles. The van der Waals surface area contributed by atoms with E-state index in [1.807, 2.05) is 10.9 Å². The lowest BCUT2D eigenvalue weighted by atomic mass is 10.1. The van der Waals surface area contributed by atoms with E-state index in [9.17, 15) is 9.18 Å². The van der Waals surface area contributed by atoms with Crippen LogP contribution in [0.3, 0.4) is 0 Å². The smallest absolute Gasteiger partial charge is 0.272 e. The van der Waals surface area contributed by atoms with Crippen molar-refractivity contribution in [3.8, 4) is 11.4 Å². The van der Waals surface area contributed by atoms with E-state index in [-0.39, 0.29) is 41.9 Å². The van der Waals surface area contributed by atoms with Gasteiger partial charge in [0.1, 0.15) is 17.6 Å². The van der Waals surface area contributed by atoms with Gasteiger partial charge < -0.3 is 15.2 Å². The number of amides is 1. The highest BCUT2D eigenvalue weighted by atomic mass is 35.5. The monoisotopic (exact) mass is 420 g/mol. The van der Waals surface area contributed by atoms with Gasteiger partial charge in [0.2, 0.25) is 11.7 Å². The minimum absolute atomic E-state index is 0. The molecule has 0 spiro atoms. The molecule has 2 N–H and O–H groups in total. The van der Waals surface area contributed by atoms with Gasteiger partial charge in [-0.15, -0.1) is 12.4 Å². The number of piperidine rings is 1. The van der Waals surface area contributed by atoms with E-state index in [0.717, 1.165) is 25.9 Å². The third-order valence-electron chi connectivity index (χ3n) is 4.73. The van der Waals surface area contributed by atoms with Crippen LogP contribution in [0, 0.1) is 5.82 Å². The van der Waals surface area contributed by atoms with Gasteiger partial charge in [-0.05, 0) is 44.5 Å². The summed E-state index contributed by atoms with van der Waals surface area (Å²) in [4.78, 5) is 16.8. The number of carbonyl (C=O) groups excluding carboxylic acids is 1. The number of nitrogens with zero attached hydrogens (tertiary/aromatic N) is 4. The van der Waals surface area contributed by atoms with Crippen LogP contribution in [0.25, 0.3) is 11.4 Å². The largest absolute Gasteiger partial charge is 0.339 e. The molecular weight excluding hydrogens is 399 g/mol. The summed E-state index contributed by atoms with van der Waals surface area (Å²) in [7, 11) is 0. The van der Waals surface area contributed by atoms with Crippen molar-refractivity contribution in [1.29, 1.82) is 0 Å². The zero-order valence-electron chi connectivity index (χ0n) is 15.8. The molecule has 0 aliphatic carbocycles. The van der Waals surface area contributed by atoms with Crippen LogP contribution in [0.4, 0.5) is 4.39 Å². The number of hydrogen-bond acceptors (Lipinski definition) is 6. The second-order valence-corrected chi connectivity index (χ2v) is 6.84. The Balaban J connectivity index is 0.00000240. The van der Waals surface area contributed by atoms with E-state index < -0.39 is 6.04 Å². The summed E-state index contributed by atoms with van der Waals surface area (Å²) in [5, 5.41) is 14.4. The third kappa shape index (κ3) is 4.80. The van der Waals surface area contributed by atoms with Crippen LogP contribution < -0.4 is 10.6 Å². The van der Waals surface area contributed by atoms with Gasteiger partial charge in [-0.3, -0.25) is 9.48 Å². The van der Waals surface area contributed by atoms with E-state index in [1.54, 1.807) is 25.1 Å². The molecule has 1 fully saturated rings. The van der Waals surface area contributed by atoms with Crippen LogP contribution in [0.1, 0.15) is 48.2 Å². The van der Waals surface area contributed by atoms with Crippen molar-refractivity contribution in [2.24, 2.45) is 0 Å². The van der Waals surface area contributed by atoms with Gasteiger partial charge in [-0.1, -0.05) is 17.3 Å². The number of aromatic nitrogens is 4.